The minimum atomic E-state index is -0.644. The average molecular weight is 322 g/mol. The maximum Gasteiger partial charge on any atom is 0.216 e. The summed E-state index contributed by atoms with van der Waals surface area (Å²) in [7, 11) is 3.11. The molecule has 0 bridgehead atoms. The standard InChI is InChI=1S/C17H26N2O4/c1-6-14(21-4)17(20)13(3)9-12(2)10-23-11-15-18-8-7-16(19-15)22-5/h6-9,13-14,17,20H,1,10-11H2,2-5H3. The van der Waals surface area contributed by atoms with Gasteiger partial charge in [-0.3, -0.25) is 0 Å². The highest BCUT2D eigenvalue weighted by molar-refractivity contribution is 5.08. The zero-order valence-corrected chi connectivity index (χ0v) is 14.2. The second-order valence-corrected chi connectivity index (χ2v) is 5.31. The van der Waals surface area contributed by atoms with Crippen LogP contribution in [0, 0.1) is 5.92 Å². The Balaban J connectivity index is 2.48. The molecule has 0 aliphatic carbocycles. The summed E-state index contributed by atoms with van der Waals surface area (Å²) in [6.07, 6.45) is 4.16. The van der Waals surface area contributed by atoms with Crippen LogP contribution in [0.15, 0.2) is 36.6 Å². The lowest BCUT2D eigenvalue weighted by atomic mass is 9.97. The van der Waals surface area contributed by atoms with Gasteiger partial charge >= 0.3 is 0 Å². The van der Waals surface area contributed by atoms with Crippen molar-refractivity contribution in [2.75, 3.05) is 20.8 Å². The summed E-state index contributed by atoms with van der Waals surface area (Å²) >= 11 is 0. The molecule has 3 atom stereocenters. The molecule has 0 saturated heterocycles. The van der Waals surface area contributed by atoms with Crippen molar-refractivity contribution in [3.63, 3.8) is 0 Å². The van der Waals surface area contributed by atoms with Crippen LogP contribution in [0.4, 0.5) is 0 Å². The summed E-state index contributed by atoms with van der Waals surface area (Å²) in [5.74, 6) is 1.00. The Morgan fingerprint density at radius 3 is 2.78 bits per heavy atom. The zero-order chi connectivity index (χ0) is 17.2. The molecular formula is C17H26N2O4. The molecule has 1 heterocycles. The lowest BCUT2D eigenvalue weighted by Crippen LogP contribution is -2.31. The van der Waals surface area contributed by atoms with Crippen LogP contribution in [0.3, 0.4) is 0 Å². The van der Waals surface area contributed by atoms with E-state index in [1.807, 2.05) is 19.9 Å². The fourth-order valence-electron chi connectivity index (χ4n) is 2.14. The number of hydrogen-bond acceptors (Lipinski definition) is 6. The van der Waals surface area contributed by atoms with Crippen molar-refractivity contribution in [2.24, 2.45) is 5.92 Å². The van der Waals surface area contributed by atoms with E-state index in [9.17, 15) is 5.11 Å². The Kier molecular flexibility index (Phi) is 8.47. The molecule has 0 spiro atoms. The van der Waals surface area contributed by atoms with Crippen LogP contribution >= 0.6 is 0 Å². The van der Waals surface area contributed by atoms with Crippen molar-refractivity contribution in [1.82, 2.24) is 9.97 Å². The number of ether oxygens (including phenoxy) is 3. The van der Waals surface area contributed by atoms with Gasteiger partial charge < -0.3 is 19.3 Å². The third-order valence-corrected chi connectivity index (χ3v) is 3.38. The number of hydrogen-bond donors (Lipinski definition) is 1. The molecule has 0 amide bonds. The van der Waals surface area contributed by atoms with Gasteiger partial charge in [-0.2, -0.15) is 4.98 Å². The predicted molar refractivity (Wildman–Crippen MR) is 88.2 cm³/mol. The first-order valence-corrected chi connectivity index (χ1v) is 7.46. The Morgan fingerprint density at radius 2 is 2.17 bits per heavy atom. The average Bonchev–Trinajstić information content (AvgIpc) is 2.56. The second-order valence-electron chi connectivity index (χ2n) is 5.31. The van der Waals surface area contributed by atoms with Gasteiger partial charge in [0.15, 0.2) is 5.82 Å². The van der Waals surface area contributed by atoms with E-state index in [1.54, 1.807) is 32.6 Å². The number of aliphatic hydroxyl groups is 1. The fourth-order valence-corrected chi connectivity index (χ4v) is 2.14. The highest BCUT2D eigenvalue weighted by Crippen LogP contribution is 2.15. The third-order valence-electron chi connectivity index (χ3n) is 3.38. The number of aromatic nitrogens is 2. The van der Waals surface area contributed by atoms with Crippen molar-refractivity contribution in [3.05, 3.63) is 42.4 Å². The molecule has 0 saturated carbocycles. The minimum absolute atomic E-state index is 0.0744. The van der Waals surface area contributed by atoms with Gasteiger partial charge in [0.2, 0.25) is 5.88 Å². The van der Waals surface area contributed by atoms with E-state index in [0.717, 1.165) is 5.57 Å². The first kappa shape index (κ1) is 19.3. The van der Waals surface area contributed by atoms with Crippen LogP contribution in [-0.2, 0) is 16.1 Å². The lowest BCUT2D eigenvalue weighted by molar-refractivity contribution is -0.00171. The first-order valence-electron chi connectivity index (χ1n) is 7.46. The van der Waals surface area contributed by atoms with Gasteiger partial charge in [0.05, 0.1) is 19.8 Å². The van der Waals surface area contributed by atoms with E-state index in [1.165, 1.54) is 0 Å². The molecule has 6 nitrogen and oxygen atoms in total. The Morgan fingerprint density at radius 1 is 1.43 bits per heavy atom. The SMILES string of the molecule is C=CC(OC)C(O)C(C)C=C(C)COCc1nccc(OC)n1. The summed E-state index contributed by atoms with van der Waals surface area (Å²) in [6.45, 7) is 8.26. The van der Waals surface area contributed by atoms with Gasteiger partial charge in [0, 0.05) is 25.3 Å². The zero-order valence-electron chi connectivity index (χ0n) is 14.2. The number of rotatable bonds is 10. The van der Waals surface area contributed by atoms with Gasteiger partial charge in [-0.25, -0.2) is 4.98 Å². The normalized spacial score (nSPS) is 15.8. The predicted octanol–water partition coefficient (Wildman–Crippen LogP) is 2.15. The molecule has 3 unspecified atom stereocenters. The van der Waals surface area contributed by atoms with E-state index < -0.39 is 6.10 Å². The van der Waals surface area contributed by atoms with Crippen molar-refractivity contribution < 1.29 is 19.3 Å². The Labute approximate surface area is 137 Å². The molecule has 1 N–H and O–H groups in total. The number of methoxy groups -OCH3 is 2. The van der Waals surface area contributed by atoms with E-state index in [4.69, 9.17) is 14.2 Å². The monoisotopic (exact) mass is 322 g/mol. The number of nitrogens with zero attached hydrogens (tertiary/aromatic N) is 2. The smallest absolute Gasteiger partial charge is 0.216 e. The maximum absolute atomic E-state index is 10.2. The largest absolute Gasteiger partial charge is 0.481 e. The Bertz CT molecular complexity index is 519. The van der Waals surface area contributed by atoms with E-state index in [-0.39, 0.29) is 12.0 Å². The first-order chi connectivity index (χ1) is 11.0. The summed E-state index contributed by atoms with van der Waals surface area (Å²) in [5, 5.41) is 10.2. The molecule has 0 aromatic carbocycles. The molecule has 0 aliphatic heterocycles. The molecule has 23 heavy (non-hydrogen) atoms. The second kappa shape index (κ2) is 10.1. The van der Waals surface area contributed by atoms with Crippen molar-refractivity contribution >= 4 is 0 Å². The molecule has 128 valence electrons. The molecule has 0 aliphatic rings. The van der Waals surface area contributed by atoms with Gasteiger partial charge in [-0.05, 0) is 6.92 Å². The van der Waals surface area contributed by atoms with Gasteiger partial charge in [-0.15, -0.1) is 6.58 Å². The Hall–Kier alpha value is -1.76. The van der Waals surface area contributed by atoms with Crippen LogP contribution in [0.1, 0.15) is 19.7 Å². The van der Waals surface area contributed by atoms with Gasteiger partial charge in [0.1, 0.15) is 12.7 Å². The highest BCUT2D eigenvalue weighted by Gasteiger charge is 2.20. The molecule has 0 radical (unpaired) electrons. The molecular weight excluding hydrogens is 296 g/mol. The van der Waals surface area contributed by atoms with Crippen LogP contribution in [0.2, 0.25) is 0 Å². The topological polar surface area (TPSA) is 73.7 Å². The van der Waals surface area contributed by atoms with Gasteiger partial charge in [0.25, 0.3) is 0 Å². The summed E-state index contributed by atoms with van der Waals surface area (Å²) in [6, 6.07) is 1.68. The van der Waals surface area contributed by atoms with Crippen LogP contribution in [0.5, 0.6) is 5.88 Å². The minimum Gasteiger partial charge on any atom is -0.481 e. The van der Waals surface area contributed by atoms with E-state index in [0.29, 0.717) is 24.9 Å². The molecule has 1 aromatic heterocycles. The van der Waals surface area contributed by atoms with Crippen LogP contribution in [0.25, 0.3) is 0 Å². The quantitative estimate of drug-likeness (QED) is 0.665. The van der Waals surface area contributed by atoms with Gasteiger partial charge in [-0.1, -0.05) is 24.6 Å². The maximum atomic E-state index is 10.2. The molecule has 0 fully saturated rings. The van der Waals surface area contributed by atoms with Crippen molar-refractivity contribution in [3.8, 4) is 5.88 Å². The van der Waals surface area contributed by atoms with Crippen molar-refractivity contribution in [2.45, 2.75) is 32.7 Å². The van der Waals surface area contributed by atoms with Crippen molar-refractivity contribution in [1.29, 1.82) is 0 Å². The van der Waals surface area contributed by atoms with E-state index in [2.05, 4.69) is 16.5 Å². The fraction of sp³-hybridized carbons (Fsp3) is 0.529. The summed E-state index contributed by atoms with van der Waals surface area (Å²) in [5.41, 5.74) is 1.01. The molecule has 1 rings (SSSR count). The molecule has 1 aromatic rings. The third kappa shape index (κ3) is 6.48. The van der Waals surface area contributed by atoms with E-state index >= 15 is 0 Å². The summed E-state index contributed by atoms with van der Waals surface area (Å²) < 4.78 is 15.8. The number of aliphatic hydroxyl groups excluding tert-OH is 1. The van der Waals surface area contributed by atoms with Crippen LogP contribution < -0.4 is 4.74 Å². The highest BCUT2D eigenvalue weighted by atomic mass is 16.5. The molecule has 6 heteroatoms. The van der Waals surface area contributed by atoms with Crippen LogP contribution in [-0.4, -0.2) is 48.1 Å². The lowest BCUT2D eigenvalue weighted by Gasteiger charge is -2.22. The summed E-state index contributed by atoms with van der Waals surface area (Å²) in [4.78, 5) is 8.29.